The van der Waals surface area contributed by atoms with Crippen LogP contribution in [0.5, 0.6) is 0 Å². The highest BCUT2D eigenvalue weighted by Crippen LogP contribution is 2.43. The van der Waals surface area contributed by atoms with Crippen LogP contribution in [0.4, 0.5) is 4.39 Å². The molecule has 4 nitrogen and oxygen atoms in total. The fraction of sp³-hybridized carbons (Fsp3) is 0.389. The molecule has 23 heavy (non-hydrogen) atoms. The molecule has 0 N–H and O–H groups in total. The second-order valence-electron chi connectivity index (χ2n) is 6.41. The molecule has 5 heteroatoms. The summed E-state index contributed by atoms with van der Waals surface area (Å²) in [5.74, 6) is 0.189. The molecule has 0 saturated carbocycles. The van der Waals surface area contributed by atoms with Gasteiger partial charge in [-0.25, -0.2) is 9.37 Å². The van der Waals surface area contributed by atoms with Gasteiger partial charge in [0.25, 0.3) is 5.91 Å². The van der Waals surface area contributed by atoms with E-state index in [9.17, 15) is 9.18 Å². The van der Waals surface area contributed by atoms with E-state index in [2.05, 4.69) is 9.97 Å². The van der Waals surface area contributed by atoms with E-state index in [0.717, 1.165) is 25.7 Å². The van der Waals surface area contributed by atoms with Gasteiger partial charge >= 0.3 is 0 Å². The molecule has 4 rings (SSSR count). The van der Waals surface area contributed by atoms with Gasteiger partial charge in [-0.2, -0.15) is 0 Å². The number of hydrogen-bond acceptors (Lipinski definition) is 3. The summed E-state index contributed by atoms with van der Waals surface area (Å²) in [5.41, 5.74) is 1.60. The average molecular weight is 311 g/mol. The van der Waals surface area contributed by atoms with Gasteiger partial charge in [-0.05, 0) is 49.3 Å². The van der Waals surface area contributed by atoms with Crippen molar-refractivity contribution in [1.29, 1.82) is 0 Å². The molecule has 0 spiro atoms. The van der Waals surface area contributed by atoms with Gasteiger partial charge in [0.2, 0.25) is 0 Å². The molecule has 2 aromatic rings. The van der Waals surface area contributed by atoms with Crippen LogP contribution in [-0.2, 0) is 0 Å². The van der Waals surface area contributed by atoms with Gasteiger partial charge in [0.1, 0.15) is 11.5 Å². The molecule has 0 radical (unpaired) electrons. The Kier molecular flexibility index (Phi) is 3.56. The third-order valence-corrected chi connectivity index (χ3v) is 5.09. The number of halogens is 1. The molecule has 2 aliphatic rings. The Morgan fingerprint density at radius 1 is 1.09 bits per heavy atom. The van der Waals surface area contributed by atoms with Gasteiger partial charge in [0.15, 0.2) is 0 Å². The lowest BCUT2D eigenvalue weighted by Gasteiger charge is -2.39. The number of carbonyl (C=O) groups excluding carboxylic acids is 1. The summed E-state index contributed by atoms with van der Waals surface area (Å²) >= 11 is 0. The first-order valence-corrected chi connectivity index (χ1v) is 8.06. The van der Waals surface area contributed by atoms with Gasteiger partial charge < -0.3 is 4.90 Å². The van der Waals surface area contributed by atoms with Crippen molar-refractivity contribution in [3.63, 3.8) is 0 Å². The maximum absolute atomic E-state index is 13.1. The van der Waals surface area contributed by atoms with E-state index in [0.29, 0.717) is 11.6 Å². The van der Waals surface area contributed by atoms with Crippen molar-refractivity contribution in [2.75, 3.05) is 0 Å². The van der Waals surface area contributed by atoms with Crippen molar-refractivity contribution in [3.05, 3.63) is 59.9 Å². The molecule has 1 amide bonds. The maximum atomic E-state index is 13.1. The fourth-order valence-corrected chi connectivity index (χ4v) is 4.06. The van der Waals surface area contributed by atoms with Crippen LogP contribution >= 0.6 is 0 Å². The van der Waals surface area contributed by atoms with Crippen molar-refractivity contribution in [3.8, 4) is 0 Å². The molecule has 2 unspecified atom stereocenters. The normalized spacial score (nSPS) is 26.3. The van der Waals surface area contributed by atoms with Gasteiger partial charge in [0.05, 0.1) is 6.20 Å². The molecule has 2 bridgehead atoms. The Bertz CT molecular complexity index is 690. The van der Waals surface area contributed by atoms with E-state index in [1.54, 1.807) is 12.4 Å². The van der Waals surface area contributed by atoms with Crippen LogP contribution in [0, 0.1) is 5.82 Å². The lowest BCUT2D eigenvalue weighted by Crippen LogP contribution is -2.46. The van der Waals surface area contributed by atoms with Crippen molar-refractivity contribution < 1.29 is 9.18 Å². The zero-order chi connectivity index (χ0) is 15.8. The topological polar surface area (TPSA) is 46.1 Å². The lowest BCUT2D eigenvalue weighted by molar-refractivity contribution is 0.0565. The van der Waals surface area contributed by atoms with Crippen molar-refractivity contribution in [2.24, 2.45) is 0 Å². The summed E-state index contributed by atoms with van der Waals surface area (Å²) in [6.07, 6.45) is 8.62. The molecule has 118 valence electrons. The molecule has 2 aliphatic heterocycles. The van der Waals surface area contributed by atoms with E-state index >= 15 is 0 Å². The number of nitrogens with zero attached hydrogens (tertiary/aromatic N) is 3. The van der Waals surface area contributed by atoms with Crippen LogP contribution in [-0.4, -0.2) is 32.9 Å². The van der Waals surface area contributed by atoms with E-state index in [4.69, 9.17) is 0 Å². The molecule has 2 fully saturated rings. The third kappa shape index (κ3) is 2.60. The quantitative estimate of drug-likeness (QED) is 0.856. The predicted octanol–water partition coefficient (Wildman–Crippen LogP) is 3.17. The Balaban J connectivity index is 1.54. The summed E-state index contributed by atoms with van der Waals surface area (Å²) < 4.78 is 13.1. The maximum Gasteiger partial charge on any atom is 0.274 e. The molecule has 1 aromatic heterocycles. The number of aromatic nitrogens is 2. The number of hydrogen-bond donors (Lipinski definition) is 0. The average Bonchev–Trinajstić information content (AvgIpc) is 2.85. The number of amides is 1. The van der Waals surface area contributed by atoms with Crippen LogP contribution in [0.1, 0.15) is 47.7 Å². The number of carbonyl (C=O) groups is 1. The predicted molar refractivity (Wildman–Crippen MR) is 83.4 cm³/mol. The van der Waals surface area contributed by atoms with E-state index in [1.165, 1.54) is 23.9 Å². The molecule has 1 aromatic carbocycles. The highest BCUT2D eigenvalue weighted by molar-refractivity contribution is 5.92. The minimum Gasteiger partial charge on any atom is -0.331 e. The van der Waals surface area contributed by atoms with Gasteiger partial charge in [-0.15, -0.1) is 0 Å². The van der Waals surface area contributed by atoms with Crippen LogP contribution in [0.15, 0.2) is 42.9 Å². The number of piperidine rings is 1. The highest BCUT2D eigenvalue weighted by atomic mass is 19.1. The number of benzene rings is 1. The smallest absolute Gasteiger partial charge is 0.274 e. The fourth-order valence-electron chi connectivity index (χ4n) is 4.06. The Hall–Kier alpha value is -2.30. The van der Waals surface area contributed by atoms with Crippen LogP contribution in [0.25, 0.3) is 0 Å². The zero-order valence-corrected chi connectivity index (χ0v) is 12.7. The van der Waals surface area contributed by atoms with Gasteiger partial charge in [-0.3, -0.25) is 9.78 Å². The molecule has 2 atom stereocenters. The lowest BCUT2D eigenvalue weighted by atomic mass is 9.85. The monoisotopic (exact) mass is 311 g/mol. The first-order chi connectivity index (χ1) is 11.2. The molecular formula is C18H18FN3O. The zero-order valence-electron chi connectivity index (χ0n) is 12.7. The Morgan fingerprint density at radius 2 is 1.78 bits per heavy atom. The SMILES string of the molecule is O=C(c1cnccn1)N1C2CCC1CC(c1ccc(F)cc1)C2. The van der Waals surface area contributed by atoms with Crippen LogP contribution in [0.2, 0.25) is 0 Å². The summed E-state index contributed by atoms with van der Waals surface area (Å²) in [5, 5.41) is 0. The minimum atomic E-state index is -0.202. The summed E-state index contributed by atoms with van der Waals surface area (Å²) in [7, 11) is 0. The number of rotatable bonds is 2. The van der Waals surface area contributed by atoms with E-state index < -0.39 is 0 Å². The number of fused-ring (bicyclic) bond motifs is 2. The van der Waals surface area contributed by atoms with Gasteiger partial charge in [0, 0.05) is 24.5 Å². The molecule has 0 aliphatic carbocycles. The van der Waals surface area contributed by atoms with E-state index in [-0.39, 0.29) is 23.8 Å². The highest BCUT2D eigenvalue weighted by Gasteiger charge is 2.44. The first-order valence-electron chi connectivity index (χ1n) is 8.06. The molecule has 3 heterocycles. The second kappa shape index (κ2) is 5.72. The first kappa shape index (κ1) is 14.3. The second-order valence-corrected chi connectivity index (χ2v) is 6.41. The van der Waals surface area contributed by atoms with Crippen molar-refractivity contribution >= 4 is 5.91 Å². The Labute approximate surface area is 134 Å². The van der Waals surface area contributed by atoms with Gasteiger partial charge in [-0.1, -0.05) is 12.1 Å². The summed E-state index contributed by atoms with van der Waals surface area (Å²) in [4.78, 5) is 22.9. The molecule has 2 saturated heterocycles. The van der Waals surface area contributed by atoms with Crippen LogP contribution < -0.4 is 0 Å². The standard InChI is InChI=1S/C18H18FN3O/c19-14-3-1-12(2-4-14)13-9-15-5-6-16(10-13)22(15)18(23)17-11-20-7-8-21-17/h1-4,7-8,11,13,15-16H,5-6,9-10H2. The Morgan fingerprint density at radius 3 is 2.39 bits per heavy atom. The summed E-state index contributed by atoms with van der Waals surface area (Å²) in [6.45, 7) is 0. The largest absolute Gasteiger partial charge is 0.331 e. The molecular weight excluding hydrogens is 293 g/mol. The summed E-state index contributed by atoms with van der Waals surface area (Å²) in [6, 6.07) is 7.29. The minimum absolute atomic E-state index is 0.0110. The van der Waals surface area contributed by atoms with E-state index in [1.807, 2.05) is 17.0 Å². The third-order valence-electron chi connectivity index (χ3n) is 5.09. The van der Waals surface area contributed by atoms with Crippen LogP contribution in [0.3, 0.4) is 0 Å². The van der Waals surface area contributed by atoms with Crippen molar-refractivity contribution in [1.82, 2.24) is 14.9 Å². The van der Waals surface area contributed by atoms with Crippen molar-refractivity contribution in [2.45, 2.75) is 43.7 Å².